The summed E-state index contributed by atoms with van der Waals surface area (Å²) in [4.78, 5) is 14.3. The summed E-state index contributed by atoms with van der Waals surface area (Å²) >= 11 is 1.59. The second kappa shape index (κ2) is 9.78. The Morgan fingerprint density at radius 2 is 1.83 bits per heavy atom. The van der Waals surface area contributed by atoms with Crippen molar-refractivity contribution < 1.29 is 28.3 Å². The number of hydrogen-bond donors (Lipinski definition) is 0. The van der Waals surface area contributed by atoms with E-state index in [1.807, 2.05) is 40.7 Å². The molecule has 0 amide bonds. The molecule has 0 N–H and O–H groups in total. The molecule has 1 aromatic carbocycles. The van der Waals surface area contributed by atoms with E-state index in [1.165, 1.54) is 0 Å². The molecular weight excluding hydrogens is 475 g/mol. The number of carbonyl (C=O) groups is 1. The first kappa shape index (κ1) is 27.2. The van der Waals surface area contributed by atoms with Crippen molar-refractivity contribution in [2.45, 2.75) is 98.1 Å². The molecule has 2 aliphatic heterocycles. The highest BCUT2D eigenvalue weighted by molar-refractivity contribution is 7.23. The van der Waals surface area contributed by atoms with Gasteiger partial charge < -0.3 is 23.5 Å². The minimum Gasteiger partial charge on any atom is -0.493 e. The molecule has 0 bridgehead atoms. The van der Waals surface area contributed by atoms with Crippen molar-refractivity contribution >= 4 is 29.2 Å². The van der Waals surface area contributed by atoms with Gasteiger partial charge in [0.05, 0.1) is 30.0 Å². The van der Waals surface area contributed by atoms with Crippen molar-refractivity contribution in [2.24, 2.45) is 0 Å². The topological polar surface area (TPSA) is 63.2 Å². The number of aryl methyl sites for hydroxylation is 2. The zero-order valence-electron chi connectivity index (χ0n) is 23.1. The van der Waals surface area contributed by atoms with Crippen LogP contribution in [0.3, 0.4) is 0 Å². The van der Waals surface area contributed by atoms with Gasteiger partial charge in [0.25, 0.3) is 0 Å². The van der Waals surface area contributed by atoms with E-state index in [9.17, 15) is 4.79 Å². The molecule has 2 aliphatic rings. The van der Waals surface area contributed by atoms with E-state index in [1.54, 1.807) is 11.3 Å². The van der Waals surface area contributed by atoms with Crippen molar-refractivity contribution in [3.8, 4) is 16.9 Å². The van der Waals surface area contributed by atoms with Crippen LogP contribution in [-0.4, -0.2) is 43.1 Å². The third-order valence-corrected chi connectivity index (χ3v) is 8.20. The lowest BCUT2D eigenvalue weighted by Crippen LogP contribution is -2.41. The van der Waals surface area contributed by atoms with Crippen LogP contribution < -0.4 is 9.51 Å². The van der Waals surface area contributed by atoms with Crippen molar-refractivity contribution in [1.82, 2.24) is 0 Å². The smallest absolute Gasteiger partial charge is 0.493 e. The van der Waals surface area contributed by atoms with Gasteiger partial charge in [-0.3, -0.25) is 0 Å². The minimum atomic E-state index is -0.875. The van der Waals surface area contributed by atoms with Gasteiger partial charge in [-0.15, -0.1) is 11.3 Å². The van der Waals surface area contributed by atoms with Gasteiger partial charge in [-0.1, -0.05) is 6.07 Å². The lowest BCUT2D eigenvalue weighted by molar-refractivity contribution is -0.166. The summed E-state index contributed by atoms with van der Waals surface area (Å²) in [5.41, 5.74) is 2.37. The van der Waals surface area contributed by atoms with Gasteiger partial charge in [0.1, 0.15) is 5.75 Å². The van der Waals surface area contributed by atoms with E-state index in [0.717, 1.165) is 57.1 Å². The molecule has 4 rings (SSSR count). The Balaban J connectivity index is 1.92. The highest BCUT2D eigenvalue weighted by Gasteiger charge is 2.53. The number of fused-ring (bicyclic) bond motifs is 1. The maximum atomic E-state index is 13.3. The van der Waals surface area contributed by atoms with Crippen LogP contribution in [0.2, 0.25) is 0 Å². The average molecular weight is 514 g/mol. The molecule has 0 saturated carbocycles. The largest absolute Gasteiger partial charge is 0.506 e. The van der Waals surface area contributed by atoms with E-state index >= 15 is 0 Å². The first-order valence-electron chi connectivity index (χ1n) is 12.8. The Bertz CT molecular complexity index is 1110. The third-order valence-electron chi connectivity index (χ3n) is 7.06. The number of esters is 1. The predicted octanol–water partition coefficient (Wildman–Crippen LogP) is 5.77. The van der Waals surface area contributed by atoms with Crippen LogP contribution in [0.4, 0.5) is 0 Å². The SMILES string of the molecule is CCOC(=O)C(OC(C)(C)C)c1c(C)sc(B2OC(C)(C)C(C)(C)O2)c1-c1ccc2c(c1)CCCO2. The van der Waals surface area contributed by atoms with Crippen LogP contribution in [0.15, 0.2) is 18.2 Å². The summed E-state index contributed by atoms with van der Waals surface area (Å²) in [6, 6.07) is 6.26. The van der Waals surface area contributed by atoms with Crippen LogP contribution in [0, 0.1) is 6.92 Å². The van der Waals surface area contributed by atoms with Crippen LogP contribution in [-0.2, 0) is 30.0 Å². The van der Waals surface area contributed by atoms with Crippen LogP contribution >= 0.6 is 11.3 Å². The zero-order chi connectivity index (χ0) is 26.5. The minimum absolute atomic E-state index is 0.279. The van der Waals surface area contributed by atoms with E-state index < -0.39 is 36.0 Å². The molecular formula is C28H39BO6S. The summed E-state index contributed by atoms with van der Waals surface area (Å²) in [5, 5.41) is 0. The Labute approximate surface area is 219 Å². The molecule has 0 aliphatic carbocycles. The molecule has 0 radical (unpaired) electrons. The summed E-state index contributed by atoms with van der Waals surface area (Å²) in [5.74, 6) is 0.528. The van der Waals surface area contributed by atoms with Crippen LogP contribution in [0.5, 0.6) is 5.75 Å². The fraction of sp³-hybridized carbons (Fsp3) is 0.607. The molecule has 196 valence electrons. The second-order valence-corrected chi connectivity index (χ2v) is 12.8. The molecule has 1 unspecified atom stereocenters. The second-order valence-electron chi connectivity index (χ2n) is 11.5. The van der Waals surface area contributed by atoms with E-state index in [2.05, 4.69) is 39.8 Å². The number of ether oxygens (including phenoxy) is 3. The summed E-state index contributed by atoms with van der Waals surface area (Å²) < 4.78 is 31.7. The Morgan fingerprint density at radius 3 is 2.44 bits per heavy atom. The number of hydrogen-bond acceptors (Lipinski definition) is 7. The van der Waals surface area contributed by atoms with Gasteiger partial charge in [0.15, 0.2) is 6.10 Å². The highest BCUT2D eigenvalue weighted by atomic mass is 32.1. The van der Waals surface area contributed by atoms with Gasteiger partial charge in [-0.25, -0.2) is 4.79 Å². The number of thiophene rings is 1. The molecule has 36 heavy (non-hydrogen) atoms. The van der Waals surface area contributed by atoms with Crippen molar-refractivity contribution in [3.63, 3.8) is 0 Å². The van der Waals surface area contributed by atoms with E-state index in [4.69, 9.17) is 23.5 Å². The molecule has 1 fully saturated rings. The highest BCUT2D eigenvalue weighted by Crippen LogP contribution is 2.43. The normalized spacial score (nSPS) is 19.5. The lowest BCUT2D eigenvalue weighted by atomic mass is 9.80. The first-order chi connectivity index (χ1) is 16.7. The fourth-order valence-corrected chi connectivity index (χ4v) is 5.79. The van der Waals surface area contributed by atoms with Gasteiger partial charge in [0, 0.05) is 15.2 Å². The third kappa shape index (κ3) is 5.24. The molecule has 8 heteroatoms. The zero-order valence-corrected chi connectivity index (χ0v) is 23.9. The number of benzene rings is 1. The fourth-order valence-electron chi connectivity index (χ4n) is 4.62. The Morgan fingerprint density at radius 1 is 1.17 bits per heavy atom. The van der Waals surface area contributed by atoms with Gasteiger partial charge in [-0.2, -0.15) is 0 Å². The maximum Gasteiger partial charge on any atom is 0.506 e. The maximum absolute atomic E-state index is 13.3. The summed E-state index contributed by atoms with van der Waals surface area (Å²) in [7, 11) is -0.563. The molecule has 2 aromatic rings. The van der Waals surface area contributed by atoms with Crippen molar-refractivity contribution in [3.05, 3.63) is 34.2 Å². The Hall–Kier alpha value is -1.87. The molecule has 6 nitrogen and oxygen atoms in total. The van der Waals surface area contributed by atoms with Gasteiger partial charge in [-0.05, 0) is 104 Å². The molecule has 1 saturated heterocycles. The molecule has 1 atom stereocenters. The summed E-state index contributed by atoms with van der Waals surface area (Å²) in [6.45, 7) is 18.9. The van der Waals surface area contributed by atoms with E-state index in [0.29, 0.717) is 0 Å². The lowest BCUT2D eigenvalue weighted by Gasteiger charge is -2.32. The Kier molecular flexibility index (Phi) is 7.39. The number of rotatable bonds is 6. The monoisotopic (exact) mass is 514 g/mol. The molecule has 3 heterocycles. The van der Waals surface area contributed by atoms with Crippen LogP contribution in [0.1, 0.15) is 83.9 Å². The van der Waals surface area contributed by atoms with Gasteiger partial charge in [0.2, 0.25) is 0 Å². The summed E-state index contributed by atoms with van der Waals surface area (Å²) in [6.07, 6.45) is 1.06. The quantitative estimate of drug-likeness (QED) is 0.361. The first-order valence-corrected chi connectivity index (χ1v) is 13.6. The standard InChI is InChI=1S/C28H39BO6S/c1-10-31-25(30)23(33-26(3,4)5)21-17(2)36-24(29-34-27(6,7)28(8,9)35-29)22(21)19-13-14-20-18(16-19)12-11-15-32-20/h13-14,16,23H,10-12,15H2,1-9H3. The predicted molar refractivity (Wildman–Crippen MR) is 144 cm³/mol. The van der Waals surface area contributed by atoms with Gasteiger partial charge >= 0.3 is 13.1 Å². The molecule has 1 aromatic heterocycles. The van der Waals surface area contributed by atoms with Crippen molar-refractivity contribution in [1.29, 1.82) is 0 Å². The van der Waals surface area contributed by atoms with E-state index in [-0.39, 0.29) is 6.61 Å². The number of carbonyl (C=O) groups excluding carboxylic acids is 1. The van der Waals surface area contributed by atoms with Crippen molar-refractivity contribution in [2.75, 3.05) is 13.2 Å². The average Bonchev–Trinajstić information content (AvgIpc) is 3.23. The molecule has 0 spiro atoms. The van der Waals surface area contributed by atoms with Crippen LogP contribution in [0.25, 0.3) is 11.1 Å².